The average Bonchev–Trinajstić information content (AvgIpc) is 2.60. The minimum Gasteiger partial charge on any atom is -0.390 e. The molecule has 4 saturated carbocycles. The molecule has 6 rings (SSSR count). The molecule has 1 aromatic rings. The number of piperidine rings is 1. The standard InChI is InChI=1S/C21H29N3O2/c22-20(25)18-3-1-2-17(23-18)14-4-6-24(7-5-14)19-15-8-13-9-16(19)12-21(26,10-13)11-15/h1-3,13-16,19,26H,4-12H2,(H2,22,25). The van der Waals surface area contributed by atoms with Gasteiger partial charge in [-0.05, 0) is 87.9 Å². The fourth-order valence-electron chi connectivity index (χ4n) is 6.86. The number of amides is 1. The van der Waals surface area contributed by atoms with Gasteiger partial charge in [-0.25, -0.2) is 4.98 Å². The summed E-state index contributed by atoms with van der Waals surface area (Å²) in [6, 6.07) is 6.30. The highest BCUT2D eigenvalue weighted by molar-refractivity contribution is 5.90. The normalized spacial score (nSPS) is 40.0. The number of carbonyl (C=O) groups is 1. The van der Waals surface area contributed by atoms with Crippen molar-refractivity contribution in [3.8, 4) is 0 Å². The van der Waals surface area contributed by atoms with Crippen LogP contribution in [0.5, 0.6) is 0 Å². The van der Waals surface area contributed by atoms with E-state index in [9.17, 15) is 9.90 Å². The van der Waals surface area contributed by atoms with Crippen molar-refractivity contribution in [2.45, 2.75) is 62.5 Å². The summed E-state index contributed by atoms with van der Waals surface area (Å²) < 4.78 is 0. The zero-order valence-electron chi connectivity index (χ0n) is 15.3. The number of primary amides is 1. The van der Waals surface area contributed by atoms with Crippen LogP contribution in [0.1, 0.15) is 67.0 Å². The number of aliphatic hydroxyl groups is 1. The van der Waals surface area contributed by atoms with Crippen molar-refractivity contribution in [2.24, 2.45) is 23.5 Å². The SMILES string of the molecule is NC(=O)c1cccc(C2CCN(C3C4CC5CC3CC(O)(C5)C4)CC2)n1. The number of likely N-dealkylation sites (tertiary alicyclic amines) is 1. The number of hydrogen-bond acceptors (Lipinski definition) is 4. The smallest absolute Gasteiger partial charge is 0.267 e. The Labute approximate surface area is 155 Å². The van der Waals surface area contributed by atoms with Gasteiger partial charge in [-0.15, -0.1) is 0 Å². The summed E-state index contributed by atoms with van der Waals surface area (Å²) in [5, 5.41) is 10.8. The largest absolute Gasteiger partial charge is 0.390 e. The van der Waals surface area contributed by atoms with Crippen LogP contribution in [0.15, 0.2) is 18.2 Å². The maximum absolute atomic E-state index is 11.4. The molecule has 5 aliphatic rings. The Hall–Kier alpha value is -1.46. The lowest BCUT2D eigenvalue weighted by molar-refractivity contribution is -0.162. The highest BCUT2D eigenvalue weighted by Gasteiger charge is 2.56. The van der Waals surface area contributed by atoms with E-state index in [1.54, 1.807) is 6.07 Å². The summed E-state index contributed by atoms with van der Waals surface area (Å²) in [5.74, 6) is 2.13. The lowest BCUT2D eigenvalue weighted by Gasteiger charge is -2.61. The summed E-state index contributed by atoms with van der Waals surface area (Å²) in [6.45, 7) is 2.21. The number of pyridine rings is 1. The molecule has 0 aromatic carbocycles. The van der Waals surface area contributed by atoms with Gasteiger partial charge in [-0.2, -0.15) is 0 Å². The summed E-state index contributed by atoms with van der Waals surface area (Å²) in [7, 11) is 0. The highest BCUT2D eigenvalue weighted by atomic mass is 16.3. The predicted octanol–water partition coefficient (Wildman–Crippen LogP) is 2.30. The second-order valence-electron chi connectivity index (χ2n) is 9.31. The zero-order valence-corrected chi connectivity index (χ0v) is 15.3. The summed E-state index contributed by atoms with van der Waals surface area (Å²) >= 11 is 0. The van der Waals surface area contributed by atoms with Crippen LogP contribution in [0.25, 0.3) is 0 Å². The fraction of sp³-hybridized carbons (Fsp3) is 0.714. The third-order valence-corrected chi connectivity index (χ3v) is 7.58. The van der Waals surface area contributed by atoms with Crippen LogP contribution in [0, 0.1) is 17.8 Å². The molecule has 2 atom stereocenters. The molecule has 1 saturated heterocycles. The number of carbonyl (C=O) groups excluding carboxylic acids is 1. The van der Waals surface area contributed by atoms with Crippen molar-refractivity contribution in [1.29, 1.82) is 0 Å². The quantitative estimate of drug-likeness (QED) is 0.872. The van der Waals surface area contributed by atoms with Crippen LogP contribution in [0.2, 0.25) is 0 Å². The van der Waals surface area contributed by atoms with E-state index in [0.29, 0.717) is 29.5 Å². The molecule has 3 N–H and O–H groups in total. The molecule has 5 heteroatoms. The maximum atomic E-state index is 11.4. The van der Waals surface area contributed by atoms with Gasteiger partial charge in [0.2, 0.25) is 0 Å². The van der Waals surface area contributed by atoms with E-state index in [4.69, 9.17) is 5.73 Å². The molecule has 0 spiro atoms. The van der Waals surface area contributed by atoms with E-state index < -0.39 is 5.91 Å². The monoisotopic (exact) mass is 355 g/mol. The molecule has 1 amide bonds. The number of rotatable bonds is 3. The third-order valence-electron chi connectivity index (χ3n) is 7.58. The number of aromatic nitrogens is 1. The second kappa shape index (κ2) is 6.03. The van der Waals surface area contributed by atoms with Crippen LogP contribution in [-0.2, 0) is 0 Å². The Morgan fingerprint density at radius 1 is 1.15 bits per heavy atom. The van der Waals surface area contributed by atoms with Gasteiger partial charge in [0.25, 0.3) is 5.91 Å². The van der Waals surface area contributed by atoms with E-state index in [1.807, 2.05) is 12.1 Å². The van der Waals surface area contributed by atoms with Gasteiger partial charge in [-0.1, -0.05) is 6.07 Å². The van der Waals surface area contributed by atoms with Crippen LogP contribution in [-0.4, -0.2) is 45.6 Å². The first-order chi connectivity index (χ1) is 12.5. The lowest BCUT2D eigenvalue weighted by atomic mass is 9.52. The number of nitrogens with zero attached hydrogens (tertiary/aromatic N) is 2. The van der Waals surface area contributed by atoms with E-state index >= 15 is 0 Å². The molecule has 1 aliphatic heterocycles. The van der Waals surface area contributed by atoms with Crippen LogP contribution in [0.3, 0.4) is 0 Å². The van der Waals surface area contributed by atoms with Crippen molar-refractivity contribution >= 4 is 5.91 Å². The van der Waals surface area contributed by atoms with Gasteiger partial charge in [0.1, 0.15) is 5.69 Å². The molecular formula is C21H29N3O2. The van der Waals surface area contributed by atoms with E-state index in [-0.39, 0.29) is 5.60 Å². The van der Waals surface area contributed by atoms with Gasteiger partial charge in [0.05, 0.1) is 5.60 Å². The van der Waals surface area contributed by atoms with Gasteiger partial charge in [0.15, 0.2) is 0 Å². The van der Waals surface area contributed by atoms with E-state index in [1.165, 1.54) is 12.8 Å². The van der Waals surface area contributed by atoms with Gasteiger partial charge in [0, 0.05) is 17.7 Å². The molecule has 5 nitrogen and oxygen atoms in total. The first kappa shape index (κ1) is 16.7. The number of nitrogens with two attached hydrogens (primary N) is 1. The minimum atomic E-state index is -0.448. The molecule has 26 heavy (non-hydrogen) atoms. The van der Waals surface area contributed by atoms with Gasteiger partial charge in [-0.3, -0.25) is 9.69 Å². The molecule has 5 fully saturated rings. The molecule has 140 valence electrons. The summed E-state index contributed by atoms with van der Waals surface area (Å²) in [4.78, 5) is 18.6. The lowest BCUT2D eigenvalue weighted by Crippen LogP contribution is -2.62. The van der Waals surface area contributed by atoms with E-state index in [0.717, 1.165) is 56.8 Å². The van der Waals surface area contributed by atoms with E-state index in [2.05, 4.69) is 9.88 Å². The minimum absolute atomic E-state index is 0.343. The van der Waals surface area contributed by atoms with Crippen molar-refractivity contribution in [2.75, 3.05) is 13.1 Å². The first-order valence-electron chi connectivity index (χ1n) is 10.2. The Morgan fingerprint density at radius 3 is 2.46 bits per heavy atom. The van der Waals surface area contributed by atoms with Crippen LogP contribution < -0.4 is 5.73 Å². The molecule has 1 aromatic heterocycles. The van der Waals surface area contributed by atoms with Crippen LogP contribution in [0.4, 0.5) is 0 Å². The topological polar surface area (TPSA) is 79.5 Å². The Morgan fingerprint density at radius 2 is 1.85 bits per heavy atom. The van der Waals surface area contributed by atoms with Crippen molar-refractivity contribution in [3.63, 3.8) is 0 Å². The maximum Gasteiger partial charge on any atom is 0.267 e. The highest BCUT2D eigenvalue weighted by Crippen LogP contribution is 2.57. The molecule has 0 radical (unpaired) electrons. The third kappa shape index (κ3) is 2.76. The van der Waals surface area contributed by atoms with Gasteiger partial charge < -0.3 is 10.8 Å². The zero-order chi connectivity index (χ0) is 17.9. The average molecular weight is 355 g/mol. The molecule has 4 aliphatic carbocycles. The first-order valence-corrected chi connectivity index (χ1v) is 10.2. The molecule has 2 unspecified atom stereocenters. The van der Waals surface area contributed by atoms with Crippen molar-refractivity contribution in [1.82, 2.24) is 9.88 Å². The number of hydrogen-bond donors (Lipinski definition) is 2. The van der Waals surface area contributed by atoms with Crippen LogP contribution >= 0.6 is 0 Å². The Kier molecular flexibility index (Phi) is 3.87. The predicted molar refractivity (Wildman–Crippen MR) is 98.6 cm³/mol. The van der Waals surface area contributed by atoms with Gasteiger partial charge >= 0.3 is 0 Å². The van der Waals surface area contributed by atoms with Crippen molar-refractivity contribution < 1.29 is 9.90 Å². The summed E-state index contributed by atoms with van der Waals surface area (Å²) in [6.07, 6.45) is 7.94. The second-order valence-corrected chi connectivity index (χ2v) is 9.31. The Bertz CT molecular complexity index is 697. The molecule has 2 heterocycles. The molecular weight excluding hydrogens is 326 g/mol. The fourth-order valence-corrected chi connectivity index (χ4v) is 6.86. The van der Waals surface area contributed by atoms with Crippen molar-refractivity contribution in [3.05, 3.63) is 29.6 Å². The Balaban J connectivity index is 1.27. The molecule has 4 bridgehead atoms. The summed E-state index contributed by atoms with van der Waals surface area (Å²) in [5.41, 5.74) is 6.43.